The van der Waals surface area contributed by atoms with Crippen LogP contribution in [-0.4, -0.2) is 40.9 Å². The molecule has 1 fully saturated rings. The van der Waals surface area contributed by atoms with Crippen LogP contribution in [0.25, 0.3) is 10.6 Å². The summed E-state index contributed by atoms with van der Waals surface area (Å²) in [6.07, 6.45) is 4.66. The Bertz CT molecular complexity index is 802. The Labute approximate surface area is 159 Å². The number of thiophene rings is 1. The molecule has 1 N–H and O–H groups in total. The Morgan fingerprint density at radius 3 is 2.65 bits per heavy atom. The van der Waals surface area contributed by atoms with E-state index in [0.29, 0.717) is 6.04 Å². The largest absolute Gasteiger partial charge is 0.310 e. The fourth-order valence-electron chi connectivity index (χ4n) is 3.53. The summed E-state index contributed by atoms with van der Waals surface area (Å²) in [7, 11) is 2.21. The molecule has 0 atom stereocenters. The van der Waals surface area contributed by atoms with E-state index < -0.39 is 0 Å². The fraction of sp³-hybridized carbons (Fsp3) is 0.381. The van der Waals surface area contributed by atoms with Crippen LogP contribution in [0.5, 0.6) is 0 Å². The predicted octanol–water partition coefficient (Wildman–Crippen LogP) is 3.84. The van der Waals surface area contributed by atoms with Gasteiger partial charge in [0.25, 0.3) is 0 Å². The third-order valence-corrected chi connectivity index (χ3v) is 5.96. The molecule has 1 aromatic carbocycles. The molecule has 0 bridgehead atoms. The van der Waals surface area contributed by atoms with Gasteiger partial charge < -0.3 is 10.2 Å². The van der Waals surface area contributed by atoms with Gasteiger partial charge in [0, 0.05) is 24.3 Å². The van der Waals surface area contributed by atoms with E-state index in [2.05, 4.69) is 76.0 Å². The van der Waals surface area contributed by atoms with E-state index in [9.17, 15) is 0 Å². The quantitative estimate of drug-likeness (QED) is 0.719. The van der Waals surface area contributed by atoms with Crippen LogP contribution in [0.4, 0.5) is 0 Å². The van der Waals surface area contributed by atoms with Crippen molar-refractivity contribution in [3.63, 3.8) is 0 Å². The van der Waals surface area contributed by atoms with Gasteiger partial charge in [0.2, 0.25) is 0 Å². The Morgan fingerprint density at radius 2 is 1.92 bits per heavy atom. The predicted molar refractivity (Wildman–Crippen MR) is 108 cm³/mol. The van der Waals surface area contributed by atoms with Gasteiger partial charge in [0.15, 0.2) is 0 Å². The highest BCUT2D eigenvalue weighted by molar-refractivity contribution is 7.13. The molecule has 3 heterocycles. The number of nitrogens with zero attached hydrogens (tertiary/aromatic N) is 3. The van der Waals surface area contributed by atoms with Crippen molar-refractivity contribution in [2.45, 2.75) is 32.0 Å². The number of hydrogen-bond acceptors (Lipinski definition) is 4. The first-order chi connectivity index (χ1) is 12.8. The monoisotopic (exact) mass is 366 g/mol. The van der Waals surface area contributed by atoms with Gasteiger partial charge >= 0.3 is 0 Å². The second-order valence-corrected chi connectivity index (χ2v) is 8.07. The van der Waals surface area contributed by atoms with Gasteiger partial charge in [-0.05, 0) is 50.0 Å². The maximum Gasteiger partial charge on any atom is 0.107 e. The summed E-state index contributed by atoms with van der Waals surface area (Å²) in [4.78, 5) is 3.66. The smallest absolute Gasteiger partial charge is 0.107 e. The van der Waals surface area contributed by atoms with E-state index in [0.717, 1.165) is 18.8 Å². The highest BCUT2D eigenvalue weighted by atomic mass is 32.1. The summed E-state index contributed by atoms with van der Waals surface area (Å²) in [5, 5.41) is 10.8. The molecule has 2 aromatic heterocycles. The average Bonchev–Trinajstić information content (AvgIpc) is 3.32. The van der Waals surface area contributed by atoms with E-state index in [1.807, 2.05) is 0 Å². The van der Waals surface area contributed by atoms with Crippen molar-refractivity contribution >= 4 is 11.3 Å². The Kier molecular flexibility index (Phi) is 5.48. The Balaban J connectivity index is 1.50. The number of rotatable bonds is 6. The maximum atomic E-state index is 4.90. The van der Waals surface area contributed by atoms with Gasteiger partial charge in [0.05, 0.1) is 11.4 Å². The number of nitrogens with one attached hydrogen (secondary N) is 1. The number of likely N-dealkylation sites (tertiary alicyclic amines) is 1. The molecule has 5 heteroatoms. The molecular weight excluding hydrogens is 340 g/mol. The molecule has 3 aromatic rings. The molecule has 1 aliphatic rings. The van der Waals surface area contributed by atoms with Crippen LogP contribution >= 0.6 is 11.3 Å². The van der Waals surface area contributed by atoms with Gasteiger partial charge in [-0.15, -0.1) is 11.3 Å². The third kappa shape index (κ3) is 4.23. The number of aromatic nitrogens is 2. The van der Waals surface area contributed by atoms with Gasteiger partial charge in [-0.2, -0.15) is 5.10 Å². The second-order valence-electron chi connectivity index (χ2n) is 7.12. The van der Waals surface area contributed by atoms with Gasteiger partial charge in [-0.25, -0.2) is 0 Å². The summed E-state index contributed by atoms with van der Waals surface area (Å²) in [6, 6.07) is 15.4. The number of benzene rings is 1. The van der Waals surface area contributed by atoms with Gasteiger partial charge in [-0.3, -0.25) is 4.68 Å². The fourth-order valence-corrected chi connectivity index (χ4v) is 4.28. The summed E-state index contributed by atoms with van der Waals surface area (Å²) in [5.41, 5.74) is 3.70. The summed E-state index contributed by atoms with van der Waals surface area (Å²) in [5.74, 6) is 0. The van der Waals surface area contributed by atoms with Crippen LogP contribution in [0.2, 0.25) is 0 Å². The van der Waals surface area contributed by atoms with Crippen LogP contribution < -0.4 is 5.32 Å². The van der Waals surface area contributed by atoms with E-state index in [-0.39, 0.29) is 0 Å². The molecule has 26 heavy (non-hydrogen) atoms. The van der Waals surface area contributed by atoms with E-state index in [1.54, 1.807) is 11.3 Å². The normalized spacial score (nSPS) is 16.2. The zero-order chi connectivity index (χ0) is 17.8. The third-order valence-electron chi connectivity index (χ3n) is 5.08. The highest BCUT2D eigenvalue weighted by Crippen LogP contribution is 2.27. The van der Waals surface area contributed by atoms with Crippen molar-refractivity contribution in [1.82, 2.24) is 20.0 Å². The molecule has 0 amide bonds. The van der Waals surface area contributed by atoms with Crippen LogP contribution in [0.3, 0.4) is 0 Å². The van der Waals surface area contributed by atoms with Crippen molar-refractivity contribution < 1.29 is 0 Å². The molecule has 0 aliphatic carbocycles. The molecule has 0 saturated carbocycles. The highest BCUT2D eigenvalue weighted by Gasteiger charge is 2.18. The van der Waals surface area contributed by atoms with Crippen LogP contribution in [0.1, 0.15) is 24.0 Å². The average molecular weight is 367 g/mol. The van der Waals surface area contributed by atoms with E-state index in [1.165, 1.54) is 41.9 Å². The molecule has 4 nitrogen and oxygen atoms in total. The molecule has 136 valence electrons. The van der Waals surface area contributed by atoms with E-state index >= 15 is 0 Å². The molecule has 1 saturated heterocycles. The van der Waals surface area contributed by atoms with Crippen LogP contribution in [-0.2, 0) is 13.1 Å². The molecule has 0 radical (unpaired) electrons. The maximum absolute atomic E-state index is 4.90. The lowest BCUT2D eigenvalue weighted by Crippen LogP contribution is -2.40. The Hall–Kier alpha value is -1.95. The zero-order valence-corrected chi connectivity index (χ0v) is 16.1. The summed E-state index contributed by atoms with van der Waals surface area (Å²) in [6.45, 7) is 4.06. The number of piperidine rings is 1. The first-order valence-electron chi connectivity index (χ1n) is 9.34. The summed E-state index contributed by atoms with van der Waals surface area (Å²) >= 11 is 1.76. The lowest BCUT2D eigenvalue weighted by atomic mass is 10.1. The first kappa shape index (κ1) is 17.5. The van der Waals surface area contributed by atoms with Crippen molar-refractivity contribution in [1.29, 1.82) is 0 Å². The van der Waals surface area contributed by atoms with E-state index in [4.69, 9.17) is 5.10 Å². The van der Waals surface area contributed by atoms with Crippen molar-refractivity contribution in [3.8, 4) is 10.6 Å². The minimum Gasteiger partial charge on any atom is -0.310 e. The lowest BCUT2D eigenvalue weighted by Gasteiger charge is -2.29. The molecule has 0 spiro atoms. The van der Waals surface area contributed by atoms with Gasteiger partial charge in [0.1, 0.15) is 5.69 Å². The standard InChI is InChI=1S/C21H26N4S/c1-24-11-9-19(10-12-24)22-14-18-16-25(15-17-6-3-2-4-7-17)23-21(18)20-8-5-13-26-20/h2-8,13,16,19,22H,9-12,14-15H2,1H3. The first-order valence-corrected chi connectivity index (χ1v) is 10.2. The molecular formula is C21H26N4S. The topological polar surface area (TPSA) is 33.1 Å². The van der Waals surface area contributed by atoms with Crippen LogP contribution in [0.15, 0.2) is 54.0 Å². The molecule has 1 aliphatic heterocycles. The molecule has 4 rings (SSSR count). The SMILES string of the molecule is CN1CCC(NCc2cn(Cc3ccccc3)nc2-c2cccs2)CC1. The summed E-state index contributed by atoms with van der Waals surface area (Å²) < 4.78 is 2.08. The Morgan fingerprint density at radius 1 is 1.12 bits per heavy atom. The lowest BCUT2D eigenvalue weighted by molar-refractivity contribution is 0.234. The zero-order valence-electron chi connectivity index (χ0n) is 15.3. The minimum atomic E-state index is 0.611. The number of hydrogen-bond donors (Lipinski definition) is 1. The minimum absolute atomic E-state index is 0.611. The molecule has 0 unspecified atom stereocenters. The van der Waals surface area contributed by atoms with Crippen molar-refractivity contribution in [3.05, 3.63) is 65.2 Å². The van der Waals surface area contributed by atoms with Crippen molar-refractivity contribution in [2.75, 3.05) is 20.1 Å². The van der Waals surface area contributed by atoms with Crippen LogP contribution in [0, 0.1) is 0 Å². The second kappa shape index (κ2) is 8.16. The van der Waals surface area contributed by atoms with Crippen molar-refractivity contribution in [2.24, 2.45) is 0 Å². The van der Waals surface area contributed by atoms with Gasteiger partial charge in [-0.1, -0.05) is 36.4 Å².